The SMILES string of the molecule is C/C=C(/c1ccccc1)C(C)N. The van der Waals surface area contributed by atoms with Crippen molar-refractivity contribution in [1.29, 1.82) is 0 Å². The molecule has 1 aromatic carbocycles. The zero-order valence-corrected chi connectivity index (χ0v) is 7.62. The summed E-state index contributed by atoms with van der Waals surface area (Å²) in [6.45, 7) is 4.02. The van der Waals surface area contributed by atoms with Gasteiger partial charge in [-0.25, -0.2) is 0 Å². The minimum absolute atomic E-state index is 0.109. The maximum atomic E-state index is 5.81. The second kappa shape index (κ2) is 4.07. The van der Waals surface area contributed by atoms with Crippen molar-refractivity contribution in [2.24, 2.45) is 5.73 Å². The molecule has 1 nitrogen and oxygen atoms in total. The van der Waals surface area contributed by atoms with Crippen LogP contribution in [0, 0.1) is 0 Å². The summed E-state index contributed by atoms with van der Waals surface area (Å²) in [4.78, 5) is 0. The predicted molar refractivity (Wildman–Crippen MR) is 53.7 cm³/mol. The van der Waals surface area contributed by atoms with Gasteiger partial charge in [0.2, 0.25) is 0 Å². The minimum Gasteiger partial charge on any atom is -0.324 e. The van der Waals surface area contributed by atoms with Crippen molar-refractivity contribution in [1.82, 2.24) is 0 Å². The summed E-state index contributed by atoms with van der Waals surface area (Å²) >= 11 is 0. The first-order chi connectivity index (χ1) is 5.75. The Labute approximate surface area is 73.9 Å². The molecule has 0 spiro atoms. The molecule has 1 heteroatoms. The molecule has 1 atom stereocenters. The summed E-state index contributed by atoms with van der Waals surface area (Å²) in [5.41, 5.74) is 8.23. The van der Waals surface area contributed by atoms with E-state index >= 15 is 0 Å². The summed E-state index contributed by atoms with van der Waals surface area (Å²) in [6.07, 6.45) is 2.07. The standard InChI is InChI=1S/C11H15N/c1-3-11(9(2)12)10-7-5-4-6-8-10/h3-9H,12H2,1-2H3/b11-3+. The normalized spacial score (nSPS) is 14.4. The van der Waals surface area contributed by atoms with Gasteiger partial charge in [-0.1, -0.05) is 36.4 Å². The molecule has 64 valence electrons. The molecule has 0 amide bonds. The summed E-state index contributed by atoms with van der Waals surface area (Å²) in [5, 5.41) is 0. The molecule has 0 saturated heterocycles. The van der Waals surface area contributed by atoms with Gasteiger partial charge in [-0.15, -0.1) is 0 Å². The Kier molecular flexibility index (Phi) is 3.06. The molecule has 0 heterocycles. The third kappa shape index (κ3) is 1.95. The van der Waals surface area contributed by atoms with Crippen molar-refractivity contribution < 1.29 is 0 Å². The van der Waals surface area contributed by atoms with Crippen molar-refractivity contribution in [2.75, 3.05) is 0 Å². The van der Waals surface area contributed by atoms with Crippen LogP contribution in [0.4, 0.5) is 0 Å². The fourth-order valence-corrected chi connectivity index (χ4v) is 1.32. The maximum Gasteiger partial charge on any atom is 0.0268 e. The average Bonchev–Trinajstić information content (AvgIpc) is 2.07. The first kappa shape index (κ1) is 9.01. The summed E-state index contributed by atoms with van der Waals surface area (Å²) in [6, 6.07) is 10.3. The molecule has 0 aromatic heterocycles. The third-order valence-electron chi connectivity index (χ3n) is 1.91. The van der Waals surface area contributed by atoms with Crippen LogP contribution in [0.2, 0.25) is 0 Å². The van der Waals surface area contributed by atoms with Crippen molar-refractivity contribution >= 4 is 5.57 Å². The Balaban J connectivity index is 2.97. The van der Waals surface area contributed by atoms with E-state index in [1.165, 1.54) is 11.1 Å². The lowest BCUT2D eigenvalue weighted by molar-refractivity contribution is 0.945. The zero-order valence-electron chi connectivity index (χ0n) is 7.62. The monoisotopic (exact) mass is 161 g/mol. The molecule has 1 rings (SSSR count). The lowest BCUT2D eigenvalue weighted by Crippen LogP contribution is -2.16. The van der Waals surface area contributed by atoms with Gasteiger partial charge in [-0.05, 0) is 25.0 Å². The lowest BCUT2D eigenvalue weighted by Gasteiger charge is -2.10. The van der Waals surface area contributed by atoms with Crippen LogP contribution in [0.5, 0.6) is 0 Å². The number of rotatable bonds is 2. The molecule has 0 aliphatic rings. The van der Waals surface area contributed by atoms with Gasteiger partial charge in [0.15, 0.2) is 0 Å². The molecule has 0 aliphatic carbocycles. The fraction of sp³-hybridized carbons (Fsp3) is 0.273. The summed E-state index contributed by atoms with van der Waals surface area (Å²) < 4.78 is 0. The van der Waals surface area contributed by atoms with Crippen LogP contribution < -0.4 is 5.73 Å². The van der Waals surface area contributed by atoms with Gasteiger partial charge in [0, 0.05) is 6.04 Å². The average molecular weight is 161 g/mol. The number of hydrogen-bond acceptors (Lipinski definition) is 1. The van der Waals surface area contributed by atoms with E-state index in [-0.39, 0.29) is 6.04 Å². The number of benzene rings is 1. The highest BCUT2D eigenvalue weighted by Crippen LogP contribution is 2.15. The highest BCUT2D eigenvalue weighted by molar-refractivity contribution is 5.68. The molecule has 0 bridgehead atoms. The van der Waals surface area contributed by atoms with Gasteiger partial charge in [-0.3, -0.25) is 0 Å². The Morgan fingerprint density at radius 1 is 1.33 bits per heavy atom. The quantitative estimate of drug-likeness (QED) is 0.708. The highest BCUT2D eigenvalue weighted by Gasteiger charge is 2.03. The first-order valence-electron chi connectivity index (χ1n) is 4.23. The summed E-state index contributed by atoms with van der Waals surface area (Å²) in [5.74, 6) is 0. The summed E-state index contributed by atoms with van der Waals surface area (Å²) in [7, 11) is 0. The number of hydrogen-bond donors (Lipinski definition) is 1. The maximum absolute atomic E-state index is 5.81. The molecule has 1 unspecified atom stereocenters. The van der Waals surface area contributed by atoms with Gasteiger partial charge in [0.1, 0.15) is 0 Å². The van der Waals surface area contributed by atoms with E-state index in [4.69, 9.17) is 5.73 Å². The minimum atomic E-state index is 0.109. The van der Waals surface area contributed by atoms with E-state index in [9.17, 15) is 0 Å². The smallest absolute Gasteiger partial charge is 0.0268 e. The van der Waals surface area contributed by atoms with Gasteiger partial charge in [0.05, 0.1) is 0 Å². The second-order valence-electron chi connectivity index (χ2n) is 2.90. The predicted octanol–water partition coefficient (Wildman–Crippen LogP) is 2.44. The van der Waals surface area contributed by atoms with Crippen molar-refractivity contribution in [2.45, 2.75) is 19.9 Å². The molecule has 0 saturated carbocycles. The van der Waals surface area contributed by atoms with E-state index in [1.54, 1.807) is 0 Å². The number of allylic oxidation sites excluding steroid dienone is 1. The Hall–Kier alpha value is -1.08. The molecule has 1 aromatic rings. The van der Waals surface area contributed by atoms with Crippen LogP contribution in [0.15, 0.2) is 36.4 Å². The lowest BCUT2D eigenvalue weighted by atomic mass is 10.0. The van der Waals surface area contributed by atoms with Gasteiger partial charge in [0.25, 0.3) is 0 Å². The highest BCUT2D eigenvalue weighted by atomic mass is 14.6. The van der Waals surface area contributed by atoms with Gasteiger partial charge in [-0.2, -0.15) is 0 Å². The molecule has 0 aliphatic heterocycles. The zero-order chi connectivity index (χ0) is 8.97. The molecule has 12 heavy (non-hydrogen) atoms. The van der Waals surface area contributed by atoms with Crippen molar-refractivity contribution in [3.8, 4) is 0 Å². The fourth-order valence-electron chi connectivity index (χ4n) is 1.32. The van der Waals surface area contributed by atoms with Crippen LogP contribution >= 0.6 is 0 Å². The van der Waals surface area contributed by atoms with E-state index in [2.05, 4.69) is 18.2 Å². The van der Waals surface area contributed by atoms with Crippen LogP contribution in [0.1, 0.15) is 19.4 Å². The molecular formula is C11H15N. The molecular weight excluding hydrogens is 146 g/mol. The molecule has 2 N–H and O–H groups in total. The van der Waals surface area contributed by atoms with E-state index in [0.717, 1.165) is 0 Å². The van der Waals surface area contributed by atoms with Gasteiger partial charge >= 0.3 is 0 Å². The van der Waals surface area contributed by atoms with Gasteiger partial charge < -0.3 is 5.73 Å². The van der Waals surface area contributed by atoms with Crippen LogP contribution in [0.25, 0.3) is 5.57 Å². The van der Waals surface area contributed by atoms with Crippen LogP contribution in [-0.4, -0.2) is 6.04 Å². The molecule has 0 fully saturated rings. The van der Waals surface area contributed by atoms with Crippen molar-refractivity contribution in [3.63, 3.8) is 0 Å². The van der Waals surface area contributed by atoms with E-state index in [0.29, 0.717) is 0 Å². The molecule has 0 radical (unpaired) electrons. The topological polar surface area (TPSA) is 26.0 Å². The Morgan fingerprint density at radius 2 is 1.92 bits per heavy atom. The van der Waals surface area contributed by atoms with E-state index < -0.39 is 0 Å². The van der Waals surface area contributed by atoms with Crippen LogP contribution in [0.3, 0.4) is 0 Å². The Morgan fingerprint density at radius 3 is 2.33 bits per heavy atom. The van der Waals surface area contributed by atoms with Crippen molar-refractivity contribution in [3.05, 3.63) is 42.0 Å². The first-order valence-corrected chi connectivity index (χ1v) is 4.23. The third-order valence-corrected chi connectivity index (χ3v) is 1.91. The van der Waals surface area contributed by atoms with E-state index in [1.807, 2.05) is 32.0 Å². The largest absolute Gasteiger partial charge is 0.324 e. The second-order valence-corrected chi connectivity index (χ2v) is 2.90. The van der Waals surface area contributed by atoms with Crippen LogP contribution in [-0.2, 0) is 0 Å². The Bertz CT molecular complexity index is 260. The number of nitrogens with two attached hydrogens (primary N) is 1.